The van der Waals surface area contributed by atoms with E-state index in [4.69, 9.17) is 4.74 Å². The molecule has 3 rings (SSSR count). The van der Waals surface area contributed by atoms with Crippen LogP contribution in [0.3, 0.4) is 0 Å². The molecule has 0 bridgehead atoms. The van der Waals surface area contributed by atoms with Crippen LogP contribution in [-0.2, 0) is 16.6 Å². The van der Waals surface area contributed by atoms with Gasteiger partial charge in [-0.25, -0.2) is 8.42 Å². The predicted octanol–water partition coefficient (Wildman–Crippen LogP) is 3.36. The highest BCUT2D eigenvalue weighted by Crippen LogP contribution is 2.21. The zero-order valence-electron chi connectivity index (χ0n) is 14.9. The van der Waals surface area contributed by atoms with E-state index in [0.717, 1.165) is 16.9 Å². The van der Waals surface area contributed by atoms with Crippen LogP contribution in [0.5, 0.6) is 5.75 Å². The Labute approximate surface area is 153 Å². The number of anilines is 1. The highest BCUT2D eigenvalue weighted by molar-refractivity contribution is 7.92. The van der Waals surface area contributed by atoms with E-state index in [1.807, 2.05) is 37.3 Å². The largest absolute Gasteiger partial charge is 0.497 e. The number of nitrogens with zero attached hydrogens (tertiary/aromatic N) is 2. The normalized spacial score (nSPS) is 11.3. The molecule has 0 aliphatic rings. The Morgan fingerprint density at radius 2 is 1.96 bits per heavy atom. The molecule has 26 heavy (non-hydrogen) atoms. The Kier molecular flexibility index (Phi) is 4.99. The highest BCUT2D eigenvalue weighted by atomic mass is 32.2. The van der Waals surface area contributed by atoms with Crippen molar-refractivity contribution in [3.8, 4) is 5.75 Å². The first-order valence-corrected chi connectivity index (χ1v) is 9.61. The molecule has 0 spiro atoms. The summed E-state index contributed by atoms with van der Waals surface area (Å²) in [6.45, 7) is 4.16. The Bertz CT molecular complexity index is 1030. The molecule has 6 nitrogen and oxygen atoms in total. The van der Waals surface area contributed by atoms with Crippen LogP contribution < -0.4 is 9.46 Å². The van der Waals surface area contributed by atoms with Crippen LogP contribution in [0.4, 0.5) is 5.69 Å². The number of hydrogen-bond donors (Lipinski definition) is 1. The van der Waals surface area contributed by atoms with Crippen molar-refractivity contribution in [1.29, 1.82) is 0 Å². The molecule has 0 unspecified atom stereocenters. The van der Waals surface area contributed by atoms with Gasteiger partial charge in [0.1, 0.15) is 5.75 Å². The van der Waals surface area contributed by atoms with Crippen LogP contribution in [0.15, 0.2) is 59.8 Å². The molecule has 0 aliphatic heterocycles. The summed E-state index contributed by atoms with van der Waals surface area (Å²) >= 11 is 0. The number of aromatic nitrogens is 2. The molecule has 0 aliphatic carbocycles. The van der Waals surface area contributed by atoms with E-state index in [-0.39, 0.29) is 4.90 Å². The van der Waals surface area contributed by atoms with Gasteiger partial charge in [-0.3, -0.25) is 9.40 Å². The maximum atomic E-state index is 12.7. The molecule has 0 saturated heterocycles. The van der Waals surface area contributed by atoms with Gasteiger partial charge in [0.05, 0.1) is 30.4 Å². The molecule has 0 radical (unpaired) electrons. The first kappa shape index (κ1) is 18.0. The van der Waals surface area contributed by atoms with Crippen LogP contribution >= 0.6 is 0 Å². The molecule has 1 N–H and O–H groups in total. The third kappa shape index (κ3) is 4.05. The molecule has 0 fully saturated rings. The van der Waals surface area contributed by atoms with Crippen molar-refractivity contribution < 1.29 is 13.2 Å². The van der Waals surface area contributed by atoms with E-state index < -0.39 is 10.0 Å². The van der Waals surface area contributed by atoms with E-state index >= 15 is 0 Å². The number of rotatable bonds is 6. The molecule has 0 saturated carbocycles. The van der Waals surface area contributed by atoms with Gasteiger partial charge in [-0.15, -0.1) is 0 Å². The SMILES string of the molecule is COc1cccc(Cn2cc(NS(=O)(=O)c3cc(C)ccc3C)cn2)c1. The first-order chi connectivity index (χ1) is 12.4. The Morgan fingerprint density at radius 3 is 2.73 bits per heavy atom. The minimum absolute atomic E-state index is 0.276. The second-order valence-corrected chi connectivity index (χ2v) is 7.80. The van der Waals surface area contributed by atoms with Crippen molar-refractivity contribution in [2.75, 3.05) is 11.8 Å². The number of nitrogens with one attached hydrogen (secondary N) is 1. The number of methoxy groups -OCH3 is 1. The Balaban J connectivity index is 1.78. The van der Waals surface area contributed by atoms with Gasteiger partial charge in [-0.1, -0.05) is 24.3 Å². The van der Waals surface area contributed by atoms with E-state index in [1.54, 1.807) is 37.0 Å². The average molecular weight is 371 g/mol. The summed E-state index contributed by atoms with van der Waals surface area (Å²) in [5, 5.41) is 4.23. The third-order valence-corrected chi connectivity index (χ3v) is 5.52. The maximum absolute atomic E-state index is 12.7. The molecule has 0 amide bonds. The smallest absolute Gasteiger partial charge is 0.262 e. The molecule has 1 heterocycles. The van der Waals surface area contributed by atoms with Crippen LogP contribution in [0.2, 0.25) is 0 Å². The van der Waals surface area contributed by atoms with E-state index in [9.17, 15) is 8.42 Å². The monoisotopic (exact) mass is 371 g/mol. The second kappa shape index (κ2) is 7.21. The minimum Gasteiger partial charge on any atom is -0.497 e. The van der Waals surface area contributed by atoms with Gasteiger partial charge < -0.3 is 4.74 Å². The average Bonchev–Trinajstić information content (AvgIpc) is 3.03. The molecule has 7 heteroatoms. The fourth-order valence-electron chi connectivity index (χ4n) is 2.67. The van der Waals surface area contributed by atoms with Crippen molar-refractivity contribution in [1.82, 2.24) is 9.78 Å². The molecular formula is C19H21N3O3S. The van der Waals surface area contributed by atoms with Gasteiger partial charge in [0.15, 0.2) is 0 Å². The zero-order chi connectivity index (χ0) is 18.7. The van der Waals surface area contributed by atoms with Crippen LogP contribution in [0.1, 0.15) is 16.7 Å². The van der Waals surface area contributed by atoms with Crippen LogP contribution in [-0.4, -0.2) is 25.3 Å². The summed E-state index contributed by atoms with van der Waals surface area (Å²) in [7, 11) is -2.04. The lowest BCUT2D eigenvalue weighted by Crippen LogP contribution is -2.14. The molecule has 136 valence electrons. The van der Waals surface area contributed by atoms with Gasteiger partial charge in [-0.2, -0.15) is 5.10 Å². The number of hydrogen-bond acceptors (Lipinski definition) is 4. The molecule has 0 atom stereocenters. The summed E-state index contributed by atoms with van der Waals surface area (Å²) in [5.74, 6) is 0.769. The molecule has 3 aromatic rings. The summed E-state index contributed by atoms with van der Waals surface area (Å²) in [6.07, 6.45) is 3.17. The fraction of sp³-hybridized carbons (Fsp3) is 0.211. The summed E-state index contributed by atoms with van der Waals surface area (Å²) in [4.78, 5) is 0.276. The topological polar surface area (TPSA) is 73.2 Å². The highest BCUT2D eigenvalue weighted by Gasteiger charge is 2.18. The van der Waals surface area contributed by atoms with Crippen molar-refractivity contribution in [2.24, 2.45) is 0 Å². The lowest BCUT2D eigenvalue weighted by Gasteiger charge is -2.09. The predicted molar refractivity (Wildman–Crippen MR) is 101 cm³/mol. The standard InChI is InChI=1S/C19H21N3O3S/c1-14-7-8-15(2)19(9-14)26(23,24)21-17-11-20-22(13-17)12-16-5-4-6-18(10-16)25-3/h4-11,13,21H,12H2,1-3H3. The van der Waals surface area contributed by atoms with Gasteiger partial charge in [0, 0.05) is 6.20 Å². The lowest BCUT2D eigenvalue weighted by atomic mass is 10.2. The number of benzene rings is 2. The van der Waals surface area contributed by atoms with Crippen LogP contribution in [0.25, 0.3) is 0 Å². The molecular weight excluding hydrogens is 350 g/mol. The van der Waals surface area contributed by atoms with E-state index in [0.29, 0.717) is 17.8 Å². The summed E-state index contributed by atoms with van der Waals surface area (Å²) in [5.41, 5.74) is 3.03. The van der Waals surface area contributed by atoms with Crippen molar-refractivity contribution >= 4 is 15.7 Å². The van der Waals surface area contributed by atoms with Crippen LogP contribution in [0, 0.1) is 13.8 Å². The Morgan fingerprint density at radius 1 is 1.15 bits per heavy atom. The van der Waals surface area contributed by atoms with Gasteiger partial charge in [-0.05, 0) is 48.7 Å². The molecule has 1 aromatic heterocycles. The van der Waals surface area contributed by atoms with Crippen molar-refractivity contribution in [2.45, 2.75) is 25.3 Å². The second-order valence-electron chi connectivity index (χ2n) is 6.15. The summed E-state index contributed by atoms with van der Waals surface area (Å²) < 4.78 is 34.8. The van der Waals surface area contributed by atoms with Crippen molar-refractivity contribution in [3.63, 3.8) is 0 Å². The zero-order valence-corrected chi connectivity index (χ0v) is 15.7. The fourth-order valence-corrected chi connectivity index (χ4v) is 4.03. The lowest BCUT2D eigenvalue weighted by molar-refractivity contribution is 0.414. The maximum Gasteiger partial charge on any atom is 0.262 e. The van der Waals surface area contributed by atoms with Gasteiger partial charge >= 0.3 is 0 Å². The van der Waals surface area contributed by atoms with Gasteiger partial charge in [0.2, 0.25) is 0 Å². The van der Waals surface area contributed by atoms with Crippen molar-refractivity contribution in [3.05, 3.63) is 71.5 Å². The van der Waals surface area contributed by atoms with E-state index in [2.05, 4.69) is 9.82 Å². The van der Waals surface area contributed by atoms with E-state index in [1.165, 1.54) is 6.20 Å². The number of ether oxygens (including phenoxy) is 1. The Hall–Kier alpha value is -2.80. The third-order valence-electron chi connectivity index (χ3n) is 4.00. The quantitative estimate of drug-likeness (QED) is 0.721. The van der Waals surface area contributed by atoms with Gasteiger partial charge in [0.25, 0.3) is 10.0 Å². The number of sulfonamides is 1. The molecule has 2 aromatic carbocycles. The summed E-state index contributed by atoms with van der Waals surface area (Å²) in [6, 6.07) is 13.0. The number of aryl methyl sites for hydroxylation is 2. The minimum atomic E-state index is -3.66. The first-order valence-electron chi connectivity index (χ1n) is 8.13.